The number of rotatable bonds is 5. The topological polar surface area (TPSA) is 98.1 Å². The predicted molar refractivity (Wildman–Crippen MR) is 97.8 cm³/mol. The van der Waals surface area contributed by atoms with Crippen LogP contribution >= 0.6 is 15.9 Å². The number of hydrogen-bond donors (Lipinski definition) is 1. The van der Waals surface area contributed by atoms with Gasteiger partial charge in [-0.2, -0.15) is 0 Å². The molecule has 0 aliphatic carbocycles. The second-order valence-corrected chi connectivity index (χ2v) is 6.39. The van der Waals surface area contributed by atoms with Crippen LogP contribution in [-0.2, 0) is 16.1 Å². The van der Waals surface area contributed by atoms with Gasteiger partial charge in [-0.15, -0.1) is 0 Å². The second kappa shape index (κ2) is 7.67. The van der Waals surface area contributed by atoms with E-state index in [0.717, 1.165) is 9.37 Å². The zero-order chi connectivity index (χ0) is 19.6. The zero-order valence-corrected chi connectivity index (χ0v) is 16.0. The molecule has 1 aromatic carbocycles. The highest BCUT2D eigenvalue weighted by molar-refractivity contribution is 9.10. The summed E-state index contributed by atoms with van der Waals surface area (Å²) < 4.78 is 15.7. The molecule has 1 aliphatic rings. The Bertz CT molecular complexity index is 949. The molecule has 1 saturated heterocycles. The number of ether oxygens (including phenoxy) is 2. The Balaban J connectivity index is 1.77. The van der Waals surface area contributed by atoms with E-state index < -0.39 is 17.9 Å². The summed E-state index contributed by atoms with van der Waals surface area (Å²) in [4.78, 5) is 37.1. The minimum Gasteiger partial charge on any atom is -0.496 e. The van der Waals surface area contributed by atoms with Gasteiger partial charge in [0.2, 0.25) is 5.76 Å². The number of urea groups is 1. The first-order valence-electron chi connectivity index (χ1n) is 7.78. The molecule has 1 fully saturated rings. The summed E-state index contributed by atoms with van der Waals surface area (Å²) >= 11 is 3.37. The monoisotopic (exact) mass is 434 g/mol. The summed E-state index contributed by atoms with van der Waals surface area (Å²) in [5.74, 6) is -0.197. The number of carbonyl (C=O) groups is 3. The Kier molecular flexibility index (Phi) is 5.31. The van der Waals surface area contributed by atoms with E-state index in [0.29, 0.717) is 11.3 Å². The van der Waals surface area contributed by atoms with Crippen molar-refractivity contribution in [1.29, 1.82) is 0 Å². The summed E-state index contributed by atoms with van der Waals surface area (Å²) in [5.41, 5.74) is 0.843. The number of imide groups is 1. The Labute approximate surface area is 162 Å². The highest BCUT2D eigenvalue weighted by atomic mass is 79.9. The third-order valence-corrected chi connectivity index (χ3v) is 4.43. The Hall–Kier alpha value is -3.07. The molecule has 0 atom stereocenters. The minimum atomic E-state index is -0.635. The van der Waals surface area contributed by atoms with Crippen molar-refractivity contribution in [2.24, 2.45) is 0 Å². The van der Waals surface area contributed by atoms with E-state index in [1.807, 2.05) is 0 Å². The molecule has 3 amide bonds. The fourth-order valence-electron chi connectivity index (χ4n) is 2.48. The molecule has 0 bridgehead atoms. The normalized spacial score (nSPS) is 15.2. The van der Waals surface area contributed by atoms with Gasteiger partial charge in [0.1, 0.15) is 17.2 Å². The van der Waals surface area contributed by atoms with Crippen molar-refractivity contribution >= 4 is 39.9 Å². The van der Waals surface area contributed by atoms with Crippen molar-refractivity contribution in [3.8, 4) is 5.75 Å². The first-order chi connectivity index (χ1) is 12.9. The van der Waals surface area contributed by atoms with Crippen LogP contribution in [0.2, 0.25) is 0 Å². The van der Waals surface area contributed by atoms with Crippen LogP contribution in [0.5, 0.6) is 5.75 Å². The number of nitrogens with zero attached hydrogens (tertiary/aromatic N) is 1. The molecule has 3 rings (SSSR count). The molecule has 9 heteroatoms. The average Bonchev–Trinajstić information content (AvgIpc) is 3.22. The van der Waals surface area contributed by atoms with Gasteiger partial charge in [-0.1, -0.05) is 6.07 Å². The molecule has 8 nitrogen and oxygen atoms in total. The number of hydrogen-bond acceptors (Lipinski definition) is 6. The van der Waals surface area contributed by atoms with Gasteiger partial charge in [-0.25, -0.2) is 9.59 Å². The van der Waals surface area contributed by atoms with Gasteiger partial charge in [-0.3, -0.25) is 9.69 Å². The molecule has 2 heterocycles. The molecule has 1 aliphatic heterocycles. The van der Waals surface area contributed by atoms with Crippen LogP contribution in [0.3, 0.4) is 0 Å². The molecule has 1 aromatic heterocycles. The third-order valence-electron chi connectivity index (χ3n) is 3.81. The average molecular weight is 435 g/mol. The van der Waals surface area contributed by atoms with Crippen LogP contribution in [0.15, 0.2) is 44.9 Å². The van der Waals surface area contributed by atoms with E-state index in [1.165, 1.54) is 19.2 Å². The molecule has 140 valence electrons. The highest BCUT2D eigenvalue weighted by Crippen LogP contribution is 2.27. The summed E-state index contributed by atoms with van der Waals surface area (Å²) in [6, 6.07) is 7.62. The summed E-state index contributed by atoms with van der Waals surface area (Å²) in [6.07, 6.45) is 1.56. The zero-order valence-electron chi connectivity index (χ0n) is 14.4. The number of benzene rings is 1. The predicted octanol–water partition coefficient (Wildman–Crippen LogP) is 2.93. The van der Waals surface area contributed by atoms with E-state index >= 15 is 0 Å². The summed E-state index contributed by atoms with van der Waals surface area (Å²) in [5, 5.41) is 2.53. The molecule has 0 unspecified atom stereocenters. The van der Waals surface area contributed by atoms with Crippen LogP contribution in [-0.4, -0.2) is 37.0 Å². The second-order valence-electron chi connectivity index (χ2n) is 5.53. The van der Waals surface area contributed by atoms with Crippen LogP contribution in [0.25, 0.3) is 6.08 Å². The van der Waals surface area contributed by atoms with Crippen molar-refractivity contribution in [2.45, 2.75) is 6.54 Å². The molecule has 0 spiro atoms. The van der Waals surface area contributed by atoms with Gasteiger partial charge in [0.05, 0.1) is 25.2 Å². The maximum absolute atomic E-state index is 12.5. The minimum absolute atomic E-state index is 0.00148. The van der Waals surface area contributed by atoms with Crippen LogP contribution in [0, 0.1) is 0 Å². The molecule has 0 saturated carbocycles. The van der Waals surface area contributed by atoms with E-state index in [-0.39, 0.29) is 23.8 Å². The number of halogens is 1. The SMILES string of the molecule is COC(=O)c1ccc(CN2C(=O)N/C(=C\c3ccc(OC)c(Br)c3)C2=O)o1. The number of methoxy groups -OCH3 is 2. The van der Waals surface area contributed by atoms with Crippen LogP contribution in [0.1, 0.15) is 21.9 Å². The highest BCUT2D eigenvalue weighted by Gasteiger charge is 2.34. The lowest BCUT2D eigenvalue weighted by atomic mass is 10.2. The lowest BCUT2D eigenvalue weighted by Gasteiger charge is -2.09. The first-order valence-corrected chi connectivity index (χ1v) is 8.57. The number of carbonyl (C=O) groups excluding carboxylic acids is 3. The smallest absolute Gasteiger partial charge is 0.373 e. The standard InChI is InChI=1S/C18H15BrN2O6/c1-25-14-5-3-10(7-12(14)19)8-13-16(22)21(18(24)20-13)9-11-4-6-15(27-11)17(23)26-2/h3-8H,9H2,1-2H3,(H,20,24)/b13-8-. The van der Waals surface area contributed by atoms with Gasteiger partial charge in [0.15, 0.2) is 0 Å². The van der Waals surface area contributed by atoms with Gasteiger partial charge in [-0.05, 0) is 51.8 Å². The van der Waals surface area contributed by atoms with Crippen LogP contribution < -0.4 is 10.1 Å². The Morgan fingerprint density at radius 3 is 2.70 bits per heavy atom. The van der Waals surface area contributed by atoms with E-state index in [9.17, 15) is 14.4 Å². The van der Waals surface area contributed by atoms with Crippen molar-refractivity contribution in [1.82, 2.24) is 10.2 Å². The van der Waals surface area contributed by atoms with Gasteiger partial charge >= 0.3 is 12.0 Å². The Morgan fingerprint density at radius 2 is 2.04 bits per heavy atom. The maximum atomic E-state index is 12.5. The van der Waals surface area contributed by atoms with E-state index in [2.05, 4.69) is 26.0 Å². The fourth-order valence-corrected chi connectivity index (χ4v) is 3.04. The lowest BCUT2D eigenvalue weighted by Crippen LogP contribution is -2.30. The molecule has 27 heavy (non-hydrogen) atoms. The molecule has 2 aromatic rings. The fraction of sp³-hybridized carbons (Fsp3) is 0.167. The van der Waals surface area contributed by atoms with Gasteiger partial charge < -0.3 is 19.2 Å². The van der Waals surface area contributed by atoms with Crippen LogP contribution in [0.4, 0.5) is 4.79 Å². The quantitative estimate of drug-likeness (QED) is 0.441. The first kappa shape index (κ1) is 18.7. The van der Waals surface area contributed by atoms with E-state index in [1.54, 1.807) is 31.4 Å². The number of amides is 3. The van der Waals surface area contributed by atoms with Gasteiger partial charge in [0.25, 0.3) is 5.91 Å². The number of nitrogens with one attached hydrogen (secondary N) is 1. The third kappa shape index (κ3) is 3.87. The molecular formula is C18H15BrN2O6. The maximum Gasteiger partial charge on any atom is 0.373 e. The summed E-state index contributed by atoms with van der Waals surface area (Å²) in [6.45, 7) is -0.106. The number of esters is 1. The lowest BCUT2D eigenvalue weighted by molar-refractivity contribution is -0.123. The van der Waals surface area contributed by atoms with Crippen molar-refractivity contribution in [2.75, 3.05) is 14.2 Å². The molecule has 1 N–H and O–H groups in total. The van der Waals surface area contributed by atoms with Crippen molar-refractivity contribution in [3.63, 3.8) is 0 Å². The summed E-state index contributed by atoms with van der Waals surface area (Å²) in [7, 11) is 2.79. The van der Waals surface area contributed by atoms with E-state index in [4.69, 9.17) is 9.15 Å². The van der Waals surface area contributed by atoms with Gasteiger partial charge in [0, 0.05) is 0 Å². The van der Waals surface area contributed by atoms with Crippen molar-refractivity contribution in [3.05, 3.63) is 57.6 Å². The largest absolute Gasteiger partial charge is 0.496 e. The molecule has 0 radical (unpaired) electrons. The number of furan rings is 1. The van der Waals surface area contributed by atoms with Crippen molar-refractivity contribution < 1.29 is 28.3 Å². The Morgan fingerprint density at radius 1 is 1.26 bits per heavy atom. The molecular weight excluding hydrogens is 420 g/mol.